The van der Waals surface area contributed by atoms with Gasteiger partial charge in [0, 0.05) is 26.6 Å². The number of unbranched alkanes of at least 4 members (excludes halogenated alkanes) is 5. The van der Waals surface area contributed by atoms with Crippen LogP contribution in [0.2, 0.25) is 0 Å². The number of hydrogen-bond donors (Lipinski definition) is 0. The number of rotatable bonds is 14. The largest absolute Gasteiger partial charge is 0.353 e. The van der Waals surface area contributed by atoms with Crippen molar-refractivity contribution in [2.45, 2.75) is 98.2 Å². The third-order valence-corrected chi connectivity index (χ3v) is 4.67. The predicted molar refractivity (Wildman–Crippen MR) is 97.1 cm³/mol. The lowest BCUT2D eigenvalue weighted by atomic mass is 9.81. The molecule has 0 saturated heterocycles. The first-order chi connectivity index (χ1) is 10.4. The van der Waals surface area contributed by atoms with Crippen LogP contribution in [0.1, 0.15) is 92.4 Å². The summed E-state index contributed by atoms with van der Waals surface area (Å²) in [5.41, 5.74) is 0. The van der Waals surface area contributed by atoms with Crippen LogP contribution in [0, 0.1) is 17.8 Å². The zero-order chi connectivity index (χ0) is 17.0. The molecular formula is C20H42O2. The van der Waals surface area contributed by atoms with Crippen LogP contribution in [0.4, 0.5) is 0 Å². The Balaban J connectivity index is 4.62. The van der Waals surface area contributed by atoms with E-state index in [4.69, 9.17) is 9.47 Å². The number of ether oxygens (including phenoxy) is 2. The molecule has 0 saturated carbocycles. The van der Waals surface area contributed by atoms with E-state index in [0.717, 1.165) is 6.42 Å². The van der Waals surface area contributed by atoms with Gasteiger partial charge in [0.25, 0.3) is 0 Å². The van der Waals surface area contributed by atoms with E-state index in [1.165, 1.54) is 51.4 Å². The van der Waals surface area contributed by atoms with Gasteiger partial charge in [-0.3, -0.25) is 0 Å². The summed E-state index contributed by atoms with van der Waals surface area (Å²) in [6, 6.07) is 0. The Morgan fingerprint density at radius 1 is 0.773 bits per heavy atom. The summed E-state index contributed by atoms with van der Waals surface area (Å²) in [6.45, 7) is 11.4. The normalized spacial score (nSPS) is 14.0. The van der Waals surface area contributed by atoms with Gasteiger partial charge in [-0.2, -0.15) is 0 Å². The highest BCUT2D eigenvalue weighted by Crippen LogP contribution is 2.37. The van der Waals surface area contributed by atoms with Crippen LogP contribution >= 0.6 is 0 Å². The van der Waals surface area contributed by atoms with E-state index in [9.17, 15) is 0 Å². The fourth-order valence-corrected chi connectivity index (χ4v) is 3.58. The Bertz CT molecular complexity index is 244. The van der Waals surface area contributed by atoms with E-state index in [2.05, 4.69) is 34.6 Å². The highest BCUT2D eigenvalue weighted by molar-refractivity contribution is 4.82. The van der Waals surface area contributed by atoms with Gasteiger partial charge in [0.1, 0.15) is 0 Å². The maximum absolute atomic E-state index is 5.93. The summed E-state index contributed by atoms with van der Waals surface area (Å²) in [7, 11) is 3.64. The van der Waals surface area contributed by atoms with Crippen LogP contribution in [0.25, 0.3) is 0 Å². The lowest BCUT2D eigenvalue weighted by Gasteiger charge is -2.40. The van der Waals surface area contributed by atoms with Crippen molar-refractivity contribution in [1.29, 1.82) is 0 Å². The van der Waals surface area contributed by atoms with Crippen molar-refractivity contribution < 1.29 is 9.47 Å². The van der Waals surface area contributed by atoms with Crippen LogP contribution in [0.5, 0.6) is 0 Å². The fraction of sp³-hybridized carbons (Fsp3) is 1.00. The summed E-state index contributed by atoms with van der Waals surface area (Å²) in [6.07, 6.45) is 11.5. The van der Waals surface area contributed by atoms with Crippen LogP contribution in [0.3, 0.4) is 0 Å². The van der Waals surface area contributed by atoms with Crippen molar-refractivity contribution >= 4 is 0 Å². The highest BCUT2D eigenvalue weighted by Gasteiger charge is 2.39. The van der Waals surface area contributed by atoms with E-state index < -0.39 is 5.79 Å². The number of methoxy groups -OCH3 is 2. The maximum Gasteiger partial charge on any atom is 0.170 e. The standard InChI is InChI=1S/C20H42O2/c1-8-9-10-11-12-13-14-19(15-17(2)3)20(21-6,22-7)16-18(4)5/h17-19H,8-16H2,1-7H3. The minimum atomic E-state index is -0.401. The summed E-state index contributed by atoms with van der Waals surface area (Å²) in [5.74, 6) is 1.36. The smallest absolute Gasteiger partial charge is 0.170 e. The van der Waals surface area contributed by atoms with Gasteiger partial charge >= 0.3 is 0 Å². The first kappa shape index (κ1) is 21.9. The molecule has 0 aromatic rings. The molecular weight excluding hydrogens is 272 g/mol. The Morgan fingerprint density at radius 2 is 1.32 bits per heavy atom. The van der Waals surface area contributed by atoms with Crippen LogP contribution < -0.4 is 0 Å². The topological polar surface area (TPSA) is 18.5 Å². The lowest BCUT2D eigenvalue weighted by Crippen LogP contribution is -2.44. The predicted octanol–water partition coefficient (Wildman–Crippen LogP) is 6.43. The van der Waals surface area contributed by atoms with Crippen LogP contribution in [-0.4, -0.2) is 20.0 Å². The molecule has 134 valence electrons. The summed E-state index contributed by atoms with van der Waals surface area (Å²) < 4.78 is 11.9. The molecule has 22 heavy (non-hydrogen) atoms. The Hall–Kier alpha value is -0.0800. The molecule has 2 heteroatoms. The quantitative estimate of drug-likeness (QED) is 0.271. The lowest BCUT2D eigenvalue weighted by molar-refractivity contribution is -0.252. The molecule has 0 fully saturated rings. The third-order valence-electron chi connectivity index (χ3n) is 4.67. The molecule has 0 aliphatic carbocycles. The number of hydrogen-bond acceptors (Lipinski definition) is 2. The molecule has 2 nitrogen and oxygen atoms in total. The zero-order valence-corrected chi connectivity index (χ0v) is 16.4. The Labute approximate surface area is 140 Å². The third kappa shape index (κ3) is 8.53. The van der Waals surface area contributed by atoms with E-state index in [1.54, 1.807) is 0 Å². The first-order valence-corrected chi connectivity index (χ1v) is 9.52. The van der Waals surface area contributed by atoms with Gasteiger partial charge in [-0.15, -0.1) is 0 Å². The molecule has 0 rings (SSSR count). The van der Waals surface area contributed by atoms with Crippen molar-refractivity contribution in [3.63, 3.8) is 0 Å². The molecule has 1 unspecified atom stereocenters. The van der Waals surface area contributed by atoms with Crippen molar-refractivity contribution in [2.75, 3.05) is 14.2 Å². The minimum absolute atomic E-state index is 0.401. The van der Waals surface area contributed by atoms with E-state index >= 15 is 0 Å². The molecule has 0 aromatic carbocycles. The van der Waals surface area contributed by atoms with Gasteiger partial charge in [-0.25, -0.2) is 0 Å². The molecule has 0 bridgehead atoms. The molecule has 0 aliphatic rings. The molecule has 1 atom stereocenters. The van der Waals surface area contributed by atoms with Crippen molar-refractivity contribution in [3.05, 3.63) is 0 Å². The summed E-state index contributed by atoms with van der Waals surface area (Å²) in [5, 5.41) is 0. The van der Waals surface area contributed by atoms with Gasteiger partial charge in [-0.1, -0.05) is 73.1 Å². The molecule has 0 amide bonds. The Morgan fingerprint density at radius 3 is 1.77 bits per heavy atom. The van der Waals surface area contributed by atoms with Gasteiger partial charge in [0.05, 0.1) is 0 Å². The van der Waals surface area contributed by atoms with Gasteiger partial charge in [0.2, 0.25) is 0 Å². The average Bonchev–Trinajstić information content (AvgIpc) is 2.46. The van der Waals surface area contributed by atoms with E-state index in [-0.39, 0.29) is 0 Å². The van der Waals surface area contributed by atoms with E-state index in [0.29, 0.717) is 17.8 Å². The SMILES string of the molecule is CCCCCCCCC(CC(C)C)C(CC(C)C)(OC)OC. The molecule has 0 spiro atoms. The highest BCUT2D eigenvalue weighted by atomic mass is 16.7. The molecule has 0 heterocycles. The van der Waals surface area contributed by atoms with Gasteiger partial charge in [0.15, 0.2) is 5.79 Å². The zero-order valence-electron chi connectivity index (χ0n) is 16.4. The minimum Gasteiger partial charge on any atom is -0.353 e. The second kappa shape index (κ2) is 12.4. The van der Waals surface area contributed by atoms with Crippen molar-refractivity contribution in [3.8, 4) is 0 Å². The second-order valence-electron chi connectivity index (χ2n) is 7.70. The van der Waals surface area contributed by atoms with Crippen LogP contribution in [0.15, 0.2) is 0 Å². The van der Waals surface area contributed by atoms with E-state index in [1.807, 2.05) is 14.2 Å². The summed E-state index contributed by atoms with van der Waals surface area (Å²) in [4.78, 5) is 0. The van der Waals surface area contributed by atoms with Gasteiger partial charge in [-0.05, 0) is 24.7 Å². The second-order valence-corrected chi connectivity index (χ2v) is 7.70. The van der Waals surface area contributed by atoms with Crippen molar-refractivity contribution in [1.82, 2.24) is 0 Å². The first-order valence-electron chi connectivity index (χ1n) is 9.52. The summed E-state index contributed by atoms with van der Waals surface area (Å²) >= 11 is 0. The van der Waals surface area contributed by atoms with Gasteiger partial charge < -0.3 is 9.47 Å². The van der Waals surface area contributed by atoms with Crippen LogP contribution in [-0.2, 0) is 9.47 Å². The molecule has 0 N–H and O–H groups in total. The monoisotopic (exact) mass is 314 g/mol. The Kier molecular flexibility index (Phi) is 12.3. The van der Waals surface area contributed by atoms with Crippen molar-refractivity contribution in [2.24, 2.45) is 17.8 Å². The fourth-order valence-electron chi connectivity index (χ4n) is 3.58. The average molecular weight is 315 g/mol. The molecule has 0 aliphatic heterocycles. The molecule has 0 radical (unpaired) electrons. The molecule has 0 aromatic heterocycles. The maximum atomic E-state index is 5.93.